The summed E-state index contributed by atoms with van der Waals surface area (Å²) < 4.78 is 0. The monoisotopic (exact) mass is 298 g/mol. The van der Waals surface area contributed by atoms with Gasteiger partial charge >= 0.3 is 0 Å². The van der Waals surface area contributed by atoms with E-state index >= 15 is 0 Å². The van der Waals surface area contributed by atoms with Crippen molar-refractivity contribution in [2.45, 2.75) is 39.7 Å². The molecular formula is C14H19ClN2O3. The van der Waals surface area contributed by atoms with Gasteiger partial charge in [-0.25, -0.2) is 0 Å². The molecule has 0 aromatic heterocycles. The molecule has 0 fully saturated rings. The van der Waals surface area contributed by atoms with Crippen LogP contribution in [0.5, 0.6) is 0 Å². The number of hydrogen-bond donors (Lipinski definition) is 1. The van der Waals surface area contributed by atoms with Gasteiger partial charge in [0.2, 0.25) is 0 Å². The second-order valence-corrected chi connectivity index (χ2v) is 5.70. The maximum atomic E-state index is 12.1. The first kappa shape index (κ1) is 16.4. The average molecular weight is 299 g/mol. The zero-order valence-electron chi connectivity index (χ0n) is 11.9. The van der Waals surface area contributed by atoms with Crippen LogP contribution >= 0.6 is 11.6 Å². The summed E-state index contributed by atoms with van der Waals surface area (Å²) in [6.45, 7) is 6.11. The van der Waals surface area contributed by atoms with Crippen LogP contribution in [0.3, 0.4) is 0 Å². The molecule has 1 amide bonds. The van der Waals surface area contributed by atoms with Crippen molar-refractivity contribution in [1.29, 1.82) is 0 Å². The van der Waals surface area contributed by atoms with Gasteiger partial charge in [0.1, 0.15) is 5.56 Å². The number of nitro groups is 1. The molecule has 0 saturated carbocycles. The van der Waals surface area contributed by atoms with Gasteiger partial charge in [0.05, 0.1) is 4.92 Å². The van der Waals surface area contributed by atoms with Crippen molar-refractivity contribution in [3.8, 4) is 0 Å². The molecule has 1 rings (SSSR count). The van der Waals surface area contributed by atoms with Crippen LogP contribution in [0, 0.1) is 16.0 Å². The zero-order chi connectivity index (χ0) is 15.3. The number of benzene rings is 1. The van der Waals surface area contributed by atoms with Gasteiger partial charge in [-0.05, 0) is 37.8 Å². The fraction of sp³-hybridized carbons (Fsp3) is 0.500. The van der Waals surface area contributed by atoms with E-state index in [0.717, 1.165) is 12.8 Å². The lowest BCUT2D eigenvalue weighted by Crippen LogP contribution is -2.33. The molecule has 1 N–H and O–H groups in total. The number of carbonyl (C=O) groups excluding carboxylic acids is 1. The van der Waals surface area contributed by atoms with Gasteiger partial charge in [-0.3, -0.25) is 14.9 Å². The minimum Gasteiger partial charge on any atom is -0.349 e. The summed E-state index contributed by atoms with van der Waals surface area (Å²) in [6.07, 6.45) is 1.83. The fourth-order valence-electron chi connectivity index (χ4n) is 1.80. The lowest BCUT2D eigenvalue weighted by Gasteiger charge is -2.15. The van der Waals surface area contributed by atoms with Crippen LogP contribution in [0.15, 0.2) is 18.2 Å². The van der Waals surface area contributed by atoms with Gasteiger partial charge in [-0.15, -0.1) is 0 Å². The van der Waals surface area contributed by atoms with Crippen LogP contribution in [-0.2, 0) is 0 Å². The Morgan fingerprint density at radius 2 is 2.00 bits per heavy atom. The molecular weight excluding hydrogens is 280 g/mol. The molecule has 5 nitrogen and oxygen atoms in total. The second-order valence-electron chi connectivity index (χ2n) is 5.26. The van der Waals surface area contributed by atoms with Gasteiger partial charge in [0.15, 0.2) is 0 Å². The molecule has 6 heteroatoms. The molecule has 0 aliphatic rings. The van der Waals surface area contributed by atoms with Gasteiger partial charge in [-0.2, -0.15) is 0 Å². The van der Waals surface area contributed by atoms with Crippen molar-refractivity contribution < 1.29 is 9.72 Å². The van der Waals surface area contributed by atoms with E-state index in [1.807, 2.05) is 6.92 Å². The highest BCUT2D eigenvalue weighted by Gasteiger charge is 2.21. The summed E-state index contributed by atoms with van der Waals surface area (Å²) in [5.41, 5.74) is -0.234. The van der Waals surface area contributed by atoms with E-state index < -0.39 is 10.8 Å². The van der Waals surface area contributed by atoms with Gasteiger partial charge in [0, 0.05) is 17.1 Å². The minimum atomic E-state index is -0.598. The van der Waals surface area contributed by atoms with E-state index in [0.29, 0.717) is 5.92 Å². The summed E-state index contributed by atoms with van der Waals surface area (Å²) in [4.78, 5) is 22.4. The first-order chi connectivity index (χ1) is 9.31. The van der Waals surface area contributed by atoms with Crippen molar-refractivity contribution in [1.82, 2.24) is 5.32 Å². The third-order valence-electron chi connectivity index (χ3n) is 2.96. The largest absolute Gasteiger partial charge is 0.349 e. The molecule has 0 saturated heterocycles. The lowest BCUT2D eigenvalue weighted by atomic mass is 10.0. The highest BCUT2D eigenvalue weighted by atomic mass is 35.5. The zero-order valence-corrected chi connectivity index (χ0v) is 12.6. The van der Waals surface area contributed by atoms with Crippen LogP contribution in [0.2, 0.25) is 5.02 Å². The highest BCUT2D eigenvalue weighted by molar-refractivity contribution is 6.31. The van der Waals surface area contributed by atoms with Gasteiger partial charge < -0.3 is 5.32 Å². The number of halogens is 1. The summed E-state index contributed by atoms with van der Waals surface area (Å²) in [6, 6.07) is 4.02. The maximum absolute atomic E-state index is 12.1. The maximum Gasteiger partial charge on any atom is 0.283 e. The Labute approximate surface area is 123 Å². The Bertz CT molecular complexity index is 503. The predicted octanol–water partition coefficient (Wildman–Crippen LogP) is 3.80. The van der Waals surface area contributed by atoms with E-state index in [2.05, 4.69) is 19.2 Å². The van der Waals surface area contributed by atoms with E-state index in [-0.39, 0.29) is 22.3 Å². The molecule has 20 heavy (non-hydrogen) atoms. The summed E-state index contributed by atoms with van der Waals surface area (Å²) >= 11 is 5.72. The van der Waals surface area contributed by atoms with E-state index in [4.69, 9.17) is 11.6 Å². The molecule has 0 aliphatic carbocycles. The Balaban J connectivity index is 2.79. The highest BCUT2D eigenvalue weighted by Crippen LogP contribution is 2.23. The summed E-state index contributed by atoms with van der Waals surface area (Å²) in [5, 5.41) is 14.0. The van der Waals surface area contributed by atoms with Crippen LogP contribution in [0.4, 0.5) is 5.69 Å². The lowest BCUT2D eigenvalue weighted by molar-refractivity contribution is -0.385. The van der Waals surface area contributed by atoms with Gasteiger partial charge in [-0.1, -0.05) is 25.4 Å². The first-order valence-electron chi connectivity index (χ1n) is 6.56. The van der Waals surface area contributed by atoms with E-state index in [9.17, 15) is 14.9 Å². The Hall–Kier alpha value is -1.62. The van der Waals surface area contributed by atoms with Crippen LogP contribution in [0.25, 0.3) is 0 Å². The number of carbonyl (C=O) groups is 1. The predicted molar refractivity (Wildman–Crippen MR) is 79.1 cm³/mol. The number of nitro benzene ring substituents is 1. The molecule has 0 radical (unpaired) electrons. The topological polar surface area (TPSA) is 72.2 Å². The molecule has 1 aromatic carbocycles. The molecule has 0 heterocycles. The van der Waals surface area contributed by atoms with E-state index in [1.54, 1.807) is 0 Å². The second kappa shape index (κ2) is 7.24. The standard InChI is InChI=1S/C14H19ClN2O3/c1-9(2)4-5-10(3)16-14(18)12-7-6-11(15)8-13(12)17(19)20/h6-10H,4-5H2,1-3H3,(H,16,18). The van der Waals surface area contributed by atoms with Crippen molar-refractivity contribution in [3.05, 3.63) is 38.9 Å². The van der Waals surface area contributed by atoms with Crippen molar-refractivity contribution >= 4 is 23.2 Å². The first-order valence-corrected chi connectivity index (χ1v) is 6.94. The minimum absolute atomic E-state index is 0.0276. The molecule has 1 atom stereocenters. The van der Waals surface area contributed by atoms with Crippen LogP contribution in [-0.4, -0.2) is 16.9 Å². The van der Waals surface area contributed by atoms with Crippen LogP contribution < -0.4 is 5.32 Å². The SMILES string of the molecule is CC(C)CCC(C)NC(=O)c1ccc(Cl)cc1[N+](=O)[O-]. The molecule has 0 bridgehead atoms. The van der Waals surface area contributed by atoms with Crippen molar-refractivity contribution in [2.24, 2.45) is 5.92 Å². The number of amides is 1. The summed E-state index contributed by atoms with van der Waals surface area (Å²) in [5.74, 6) is 0.115. The Morgan fingerprint density at radius 3 is 2.55 bits per heavy atom. The number of rotatable bonds is 6. The normalized spacial score (nSPS) is 12.2. The molecule has 0 aliphatic heterocycles. The number of hydrogen-bond acceptors (Lipinski definition) is 3. The third kappa shape index (κ3) is 4.81. The molecule has 1 aromatic rings. The van der Waals surface area contributed by atoms with Crippen molar-refractivity contribution in [3.63, 3.8) is 0 Å². The summed E-state index contributed by atoms with van der Waals surface area (Å²) in [7, 11) is 0. The number of nitrogens with one attached hydrogen (secondary N) is 1. The Morgan fingerprint density at radius 1 is 1.35 bits per heavy atom. The van der Waals surface area contributed by atoms with Crippen molar-refractivity contribution in [2.75, 3.05) is 0 Å². The smallest absolute Gasteiger partial charge is 0.283 e. The van der Waals surface area contributed by atoms with Gasteiger partial charge in [0.25, 0.3) is 11.6 Å². The van der Waals surface area contributed by atoms with E-state index in [1.165, 1.54) is 18.2 Å². The molecule has 1 unspecified atom stereocenters. The molecule has 0 spiro atoms. The molecule has 110 valence electrons. The third-order valence-corrected chi connectivity index (χ3v) is 3.19. The quantitative estimate of drug-likeness (QED) is 0.641. The van der Waals surface area contributed by atoms with Crippen LogP contribution in [0.1, 0.15) is 44.0 Å². The average Bonchev–Trinajstić information content (AvgIpc) is 2.35. The Kier molecular flexibility index (Phi) is 5.95. The number of nitrogens with zero attached hydrogens (tertiary/aromatic N) is 1. The fourth-order valence-corrected chi connectivity index (χ4v) is 1.97.